The number of pyridine rings is 1. The molecule has 1 amide bonds. The number of benzene rings is 1. The number of halogens is 6. The van der Waals surface area contributed by atoms with E-state index in [0.29, 0.717) is 37.8 Å². The van der Waals surface area contributed by atoms with Gasteiger partial charge in [0.25, 0.3) is 5.56 Å². The van der Waals surface area contributed by atoms with Gasteiger partial charge in [0.05, 0.1) is 16.6 Å². The molecule has 198 valence electrons. The smallest absolute Gasteiger partial charge is 0.354 e. The highest BCUT2D eigenvalue weighted by molar-refractivity contribution is 5.91. The van der Waals surface area contributed by atoms with E-state index >= 15 is 0 Å². The predicted octanol–water partition coefficient (Wildman–Crippen LogP) is 4.96. The van der Waals surface area contributed by atoms with Gasteiger partial charge < -0.3 is 20.9 Å². The molecule has 0 atom stereocenters. The van der Waals surface area contributed by atoms with Gasteiger partial charge >= 0.3 is 12.4 Å². The normalized spacial score (nSPS) is 18.5. The summed E-state index contributed by atoms with van der Waals surface area (Å²) in [6, 6.07) is 2.42. The van der Waals surface area contributed by atoms with Gasteiger partial charge in [0.2, 0.25) is 11.9 Å². The maximum Gasteiger partial charge on any atom is 0.416 e. The molecule has 1 aromatic carbocycles. The van der Waals surface area contributed by atoms with E-state index in [9.17, 15) is 35.9 Å². The SMILES string of the molecule is CC(=O)N[C@H]1CC[C@H](Nc2nc(Nc3cc(C(F)(F)F)cc(C(F)(F)F)c3)c3c(=O)[nH]ccc3n2)CC1. The van der Waals surface area contributed by atoms with E-state index in [1.165, 1.54) is 19.2 Å². The zero-order valence-electron chi connectivity index (χ0n) is 19.3. The first-order valence-electron chi connectivity index (χ1n) is 11.3. The lowest BCUT2D eigenvalue weighted by atomic mass is 9.91. The van der Waals surface area contributed by atoms with Gasteiger partial charge in [-0.1, -0.05) is 0 Å². The first-order chi connectivity index (χ1) is 17.3. The van der Waals surface area contributed by atoms with Crippen LogP contribution in [0.25, 0.3) is 10.9 Å². The van der Waals surface area contributed by atoms with Crippen molar-refractivity contribution in [3.8, 4) is 0 Å². The summed E-state index contributed by atoms with van der Waals surface area (Å²) >= 11 is 0. The zero-order chi connectivity index (χ0) is 27.0. The molecule has 2 heterocycles. The molecular formula is C23H22F6N6O2. The monoisotopic (exact) mass is 528 g/mol. The van der Waals surface area contributed by atoms with Gasteiger partial charge in [-0.25, -0.2) is 4.98 Å². The number of aromatic amines is 1. The Morgan fingerprint density at radius 2 is 1.54 bits per heavy atom. The number of carbonyl (C=O) groups excluding carboxylic acids is 1. The van der Waals surface area contributed by atoms with Crippen LogP contribution in [0.4, 0.5) is 43.8 Å². The van der Waals surface area contributed by atoms with Gasteiger partial charge in [-0.3, -0.25) is 9.59 Å². The summed E-state index contributed by atoms with van der Waals surface area (Å²) < 4.78 is 79.8. The van der Waals surface area contributed by atoms with Crippen molar-refractivity contribution in [2.75, 3.05) is 10.6 Å². The van der Waals surface area contributed by atoms with Crippen LogP contribution in [0.15, 0.2) is 35.3 Å². The molecule has 0 spiro atoms. The summed E-state index contributed by atoms with van der Waals surface area (Å²) in [5.41, 5.74) is -4.10. The first-order valence-corrected chi connectivity index (χ1v) is 11.3. The molecular weight excluding hydrogens is 506 g/mol. The number of fused-ring (bicyclic) bond motifs is 1. The van der Waals surface area contributed by atoms with Crippen LogP contribution >= 0.6 is 0 Å². The lowest BCUT2D eigenvalue weighted by Gasteiger charge is -2.29. The average Bonchev–Trinajstić information content (AvgIpc) is 2.78. The molecule has 1 aliphatic rings. The maximum atomic E-state index is 13.3. The topological polar surface area (TPSA) is 112 Å². The summed E-state index contributed by atoms with van der Waals surface area (Å²) in [5, 5.41) is 8.30. The van der Waals surface area contributed by atoms with E-state index in [2.05, 4.69) is 30.9 Å². The van der Waals surface area contributed by atoms with E-state index in [-0.39, 0.29) is 46.7 Å². The minimum absolute atomic E-state index is 0.0142. The number of nitrogens with one attached hydrogen (secondary N) is 4. The molecule has 0 radical (unpaired) electrons. The summed E-state index contributed by atoms with van der Waals surface area (Å²) in [4.78, 5) is 34.7. The molecule has 2 aromatic heterocycles. The highest BCUT2D eigenvalue weighted by atomic mass is 19.4. The second kappa shape index (κ2) is 9.90. The third-order valence-corrected chi connectivity index (χ3v) is 5.94. The second-order valence-electron chi connectivity index (χ2n) is 8.78. The summed E-state index contributed by atoms with van der Waals surface area (Å²) in [6.07, 6.45) is -6.05. The fourth-order valence-electron chi connectivity index (χ4n) is 4.26. The maximum absolute atomic E-state index is 13.3. The van der Waals surface area contributed by atoms with Gasteiger partial charge in [0.15, 0.2) is 0 Å². The van der Waals surface area contributed by atoms with Crippen LogP contribution < -0.4 is 21.5 Å². The molecule has 3 aromatic rings. The molecule has 4 rings (SSSR count). The number of anilines is 3. The Labute approximate surface area is 205 Å². The van der Waals surface area contributed by atoms with E-state index < -0.39 is 34.7 Å². The summed E-state index contributed by atoms with van der Waals surface area (Å²) in [6.45, 7) is 1.44. The molecule has 0 saturated heterocycles. The van der Waals surface area contributed by atoms with Gasteiger partial charge in [-0.15, -0.1) is 0 Å². The largest absolute Gasteiger partial charge is 0.416 e. The third-order valence-electron chi connectivity index (χ3n) is 5.94. The molecule has 37 heavy (non-hydrogen) atoms. The quantitative estimate of drug-likeness (QED) is 0.349. The molecule has 0 aliphatic heterocycles. The van der Waals surface area contributed by atoms with Crippen molar-refractivity contribution in [1.82, 2.24) is 20.3 Å². The number of hydrogen-bond donors (Lipinski definition) is 4. The number of nitrogens with zero attached hydrogens (tertiary/aromatic N) is 2. The highest BCUT2D eigenvalue weighted by Gasteiger charge is 2.37. The van der Waals surface area contributed by atoms with Gasteiger partial charge in [-0.2, -0.15) is 31.3 Å². The number of rotatable bonds is 5. The number of alkyl halides is 6. The molecule has 8 nitrogen and oxygen atoms in total. The Bertz CT molecular complexity index is 1330. The third kappa shape index (κ3) is 6.30. The van der Waals surface area contributed by atoms with Crippen LogP contribution in [0.5, 0.6) is 0 Å². The average molecular weight is 528 g/mol. The Balaban J connectivity index is 1.68. The zero-order valence-corrected chi connectivity index (χ0v) is 19.3. The van der Waals surface area contributed by atoms with E-state index in [1.54, 1.807) is 0 Å². The number of carbonyl (C=O) groups is 1. The Kier molecular flexibility index (Phi) is 7.02. The van der Waals surface area contributed by atoms with Gasteiger partial charge in [0.1, 0.15) is 11.2 Å². The minimum Gasteiger partial charge on any atom is -0.354 e. The molecule has 14 heteroatoms. The van der Waals surface area contributed by atoms with E-state index in [0.717, 1.165) is 0 Å². The van der Waals surface area contributed by atoms with Crippen LogP contribution in [0.3, 0.4) is 0 Å². The van der Waals surface area contributed by atoms with Crippen LogP contribution in [0.1, 0.15) is 43.7 Å². The Morgan fingerprint density at radius 1 is 0.946 bits per heavy atom. The van der Waals surface area contributed by atoms with Crippen LogP contribution in [-0.2, 0) is 17.1 Å². The van der Waals surface area contributed by atoms with Crippen molar-refractivity contribution < 1.29 is 31.1 Å². The van der Waals surface area contributed by atoms with Crippen molar-refractivity contribution >= 4 is 34.3 Å². The van der Waals surface area contributed by atoms with Crippen LogP contribution in [0.2, 0.25) is 0 Å². The number of hydrogen-bond acceptors (Lipinski definition) is 6. The molecule has 1 fully saturated rings. The first kappa shape index (κ1) is 26.2. The van der Waals surface area contributed by atoms with Crippen molar-refractivity contribution in [2.24, 2.45) is 0 Å². The number of aromatic nitrogens is 3. The van der Waals surface area contributed by atoms with Crippen molar-refractivity contribution in [2.45, 2.75) is 57.0 Å². The Hall–Kier alpha value is -3.84. The molecule has 1 saturated carbocycles. The molecule has 0 unspecified atom stereocenters. The lowest BCUT2D eigenvalue weighted by Crippen LogP contribution is -2.39. The fraction of sp³-hybridized carbons (Fsp3) is 0.391. The van der Waals surface area contributed by atoms with Crippen molar-refractivity contribution in [1.29, 1.82) is 0 Å². The van der Waals surface area contributed by atoms with Crippen LogP contribution in [0, 0.1) is 0 Å². The fourth-order valence-corrected chi connectivity index (χ4v) is 4.26. The summed E-state index contributed by atoms with van der Waals surface area (Å²) in [5.74, 6) is -0.334. The predicted molar refractivity (Wildman–Crippen MR) is 123 cm³/mol. The van der Waals surface area contributed by atoms with E-state index in [4.69, 9.17) is 0 Å². The van der Waals surface area contributed by atoms with Crippen molar-refractivity contribution in [3.05, 3.63) is 51.9 Å². The second-order valence-corrected chi connectivity index (χ2v) is 8.78. The van der Waals surface area contributed by atoms with Crippen LogP contribution in [-0.4, -0.2) is 32.9 Å². The van der Waals surface area contributed by atoms with Gasteiger partial charge in [-0.05, 0) is 49.9 Å². The number of H-pyrrole nitrogens is 1. The molecule has 1 aliphatic carbocycles. The van der Waals surface area contributed by atoms with Gasteiger partial charge in [0, 0.05) is 30.9 Å². The molecule has 0 bridgehead atoms. The highest BCUT2D eigenvalue weighted by Crippen LogP contribution is 2.38. The summed E-state index contributed by atoms with van der Waals surface area (Å²) in [7, 11) is 0. The standard InChI is InChI=1S/C23H22F6N6O2/c1-11(36)31-14-2-4-15(5-3-14)33-21-34-17-6-7-30-20(37)18(17)19(35-21)32-16-9-12(22(24,25)26)8-13(10-16)23(27,28)29/h6-10,14-15H,2-5H2,1H3,(H,30,37)(H,31,36)(H2,32,33,34,35)/t14-,15-. The minimum atomic E-state index is -5.04. The van der Waals surface area contributed by atoms with Crippen molar-refractivity contribution in [3.63, 3.8) is 0 Å². The Morgan fingerprint density at radius 3 is 2.11 bits per heavy atom. The van der Waals surface area contributed by atoms with E-state index in [1.807, 2.05) is 0 Å². The molecule has 4 N–H and O–H groups in total. The lowest BCUT2D eigenvalue weighted by molar-refractivity contribution is -0.143. The number of amides is 1.